The van der Waals surface area contributed by atoms with Crippen LogP contribution in [0.3, 0.4) is 0 Å². The molecule has 0 aliphatic heterocycles. The van der Waals surface area contributed by atoms with Gasteiger partial charge in [-0.25, -0.2) is 4.79 Å². The SMILES string of the molecule is CC(N)CSc1cccc(C(=O)OC(C)(C)C)c1. The van der Waals surface area contributed by atoms with Crippen LogP contribution in [0.4, 0.5) is 0 Å². The zero-order chi connectivity index (χ0) is 13.8. The first-order valence-electron chi connectivity index (χ1n) is 6.00. The minimum absolute atomic E-state index is 0.139. The number of thioether (sulfide) groups is 1. The minimum Gasteiger partial charge on any atom is -0.456 e. The van der Waals surface area contributed by atoms with Crippen LogP contribution >= 0.6 is 11.8 Å². The van der Waals surface area contributed by atoms with Crippen molar-refractivity contribution in [1.29, 1.82) is 0 Å². The standard InChI is InChI=1S/C14H21NO2S/c1-10(15)9-18-12-7-5-6-11(8-12)13(16)17-14(2,3)4/h5-8,10H,9,15H2,1-4H3. The van der Waals surface area contributed by atoms with E-state index in [2.05, 4.69) is 0 Å². The first-order valence-corrected chi connectivity index (χ1v) is 6.98. The van der Waals surface area contributed by atoms with E-state index in [1.807, 2.05) is 45.9 Å². The van der Waals surface area contributed by atoms with Crippen LogP contribution in [0, 0.1) is 0 Å². The molecule has 0 aliphatic carbocycles. The Balaban J connectivity index is 2.72. The Hall–Kier alpha value is -1.00. The van der Waals surface area contributed by atoms with Crippen LogP contribution in [0.1, 0.15) is 38.1 Å². The summed E-state index contributed by atoms with van der Waals surface area (Å²) in [6.45, 7) is 7.55. The second kappa shape index (κ2) is 6.25. The van der Waals surface area contributed by atoms with Crippen LogP contribution in [0.2, 0.25) is 0 Å². The van der Waals surface area contributed by atoms with E-state index in [0.717, 1.165) is 10.6 Å². The molecule has 0 radical (unpaired) electrons. The van der Waals surface area contributed by atoms with Gasteiger partial charge in [0.1, 0.15) is 5.60 Å². The largest absolute Gasteiger partial charge is 0.456 e. The molecule has 0 aromatic heterocycles. The number of benzene rings is 1. The van der Waals surface area contributed by atoms with Gasteiger partial charge in [0.15, 0.2) is 0 Å². The van der Waals surface area contributed by atoms with E-state index < -0.39 is 5.60 Å². The summed E-state index contributed by atoms with van der Waals surface area (Å²) >= 11 is 1.65. The lowest BCUT2D eigenvalue weighted by atomic mass is 10.2. The van der Waals surface area contributed by atoms with Crippen molar-refractivity contribution in [2.24, 2.45) is 5.73 Å². The molecule has 1 rings (SSSR count). The van der Waals surface area contributed by atoms with Crippen molar-refractivity contribution >= 4 is 17.7 Å². The highest BCUT2D eigenvalue weighted by molar-refractivity contribution is 7.99. The number of carbonyl (C=O) groups is 1. The van der Waals surface area contributed by atoms with Crippen LogP contribution in [0.15, 0.2) is 29.2 Å². The molecule has 0 fully saturated rings. The molecule has 100 valence electrons. The van der Waals surface area contributed by atoms with Crippen molar-refractivity contribution < 1.29 is 9.53 Å². The minimum atomic E-state index is -0.466. The van der Waals surface area contributed by atoms with Gasteiger partial charge in [-0.3, -0.25) is 0 Å². The smallest absolute Gasteiger partial charge is 0.338 e. The molecule has 1 aromatic carbocycles. The first kappa shape index (κ1) is 15.1. The first-order chi connectivity index (χ1) is 8.28. The average molecular weight is 267 g/mol. The summed E-state index contributed by atoms with van der Waals surface area (Å²) in [5.74, 6) is 0.545. The van der Waals surface area contributed by atoms with Crippen molar-refractivity contribution in [2.75, 3.05) is 5.75 Å². The molecule has 1 unspecified atom stereocenters. The third-order valence-corrected chi connectivity index (χ3v) is 3.26. The Kier molecular flexibility index (Phi) is 5.23. The highest BCUT2D eigenvalue weighted by atomic mass is 32.2. The molecule has 0 aliphatic rings. The fourth-order valence-electron chi connectivity index (χ4n) is 1.28. The molecule has 2 N–H and O–H groups in total. The normalized spacial score (nSPS) is 13.2. The third-order valence-electron chi connectivity index (χ3n) is 1.98. The van der Waals surface area contributed by atoms with Gasteiger partial charge in [-0.05, 0) is 45.9 Å². The molecule has 0 spiro atoms. The van der Waals surface area contributed by atoms with Gasteiger partial charge in [0.05, 0.1) is 5.56 Å². The predicted molar refractivity (Wildman–Crippen MR) is 76.0 cm³/mol. The second-order valence-electron chi connectivity index (χ2n) is 5.32. The van der Waals surface area contributed by atoms with Crippen molar-refractivity contribution in [1.82, 2.24) is 0 Å². The Morgan fingerprint density at radius 2 is 2.11 bits per heavy atom. The van der Waals surface area contributed by atoms with E-state index in [0.29, 0.717) is 5.56 Å². The van der Waals surface area contributed by atoms with E-state index in [9.17, 15) is 4.79 Å². The van der Waals surface area contributed by atoms with E-state index in [1.165, 1.54) is 0 Å². The summed E-state index contributed by atoms with van der Waals surface area (Å²) in [7, 11) is 0. The van der Waals surface area contributed by atoms with Gasteiger partial charge in [0, 0.05) is 16.7 Å². The summed E-state index contributed by atoms with van der Waals surface area (Å²) in [6.07, 6.45) is 0. The van der Waals surface area contributed by atoms with Gasteiger partial charge < -0.3 is 10.5 Å². The van der Waals surface area contributed by atoms with Gasteiger partial charge in [0.25, 0.3) is 0 Å². The van der Waals surface area contributed by atoms with Crippen molar-refractivity contribution in [3.63, 3.8) is 0 Å². The quantitative estimate of drug-likeness (QED) is 0.673. The second-order valence-corrected chi connectivity index (χ2v) is 6.41. The zero-order valence-corrected chi connectivity index (χ0v) is 12.2. The molecule has 0 bridgehead atoms. The van der Waals surface area contributed by atoms with Crippen molar-refractivity contribution in [2.45, 2.75) is 44.2 Å². The molecule has 18 heavy (non-hydrogen) atoms. The molecule has 0 saturated carbocycles. The zero-order valence-electron chi connectivity index (χ0n) is 11.4. The molecule has 4 heteroatoms. The third kappa shape index (κ3) is 5.56. The molecule has 0 saturated heterocycles. The van der Waals surface area contributed by atoms with E-state index in [-0.39, 0.29) is 12.0 Å². The van der Waals surface area contributed by atoms with Crippen LogP contribution < -0.4 is 5.73 Å². The highest BCUT2D eigenvalue weighted by Gasteiger charge is 2.17. The molecular formula is C14H21NO2S. The van der Waals surface area contributed by atoms with Crippen LogP contribution in [-0.4, -0.2) is 23.4 Å². The molecule has 0 amide bonds. The lowest BCUT2D eigenvalue weighted by molar-refractivity contribution is 0.00693. The number of hydrogen-bond donors (Lipinski definition) is 1. The Morgan fingerprint density at radius 3 is 2.67 bits per heavy atom. The summed E-state index contributed by atoms with van der Waals surface area (Å²) in [6, 6.07) is 7.59. The molecular weight excluding hydrogens is 246 g/mol. The summed E-state index contributed by atoms with van der Waals surface area (Å²) < 4.78 is 5.33. The average Bonchev–Trinajstić information content (AvgIpc) is 2.24. The number of hydrogen-bond acceptors (Lipinski definition) is 4. The van der Waals surface area contributed by atoms with E-state index >= 15 is 0 Å². The predicted octanol–water partition coefficient (Wildman–Crippen LogP) is 3.08. The Bertz CT molecular complexity index is 411. The number of rotatable bonds is 4. The van der Waals surface area contributed by atoms with E-state index in [4.69, 9.17) is 10.5 Å². The maximum Gasteiger partial charge on any atom is 0.338 e. The molecule has 1 aromatic rings. The van der Waals surface area contributed by atoms with Gasteiger partial charge in [-0.15, -0.1) is 11.8 Å². The van der Waals surface area contributed by atoms with Crippen LogP contribution in [0.25, 0.3) is 0 Å². The number of ether oxygens (including phenoxy) is 1. The Morgan fingerprint density at radius 1 is 1.44 bits per heavy atom. The number of carbonyl (C=O) groups excluding carboxylic acids is 1. The monoisotopic (exact) mass is 267 g/mol. The van der Waals surface area contributed by atoms with Crippen molar-refractivity contribution in [3.05, 3.63) is 29.8 Å². The number of nitrogens with two attached hydrogens (primary N) is 1. The highest BCUT2D eigenvalue weighted by Crippen LogP contribution is 2.21. The van der Waals surface area contributed by atoms with E-state index in [1.54, 1.807) is 17.8 Å². The molecule has 1 atom stereocenters. The summed E-state index contributed by atoms with van der Waals surface area (Å²) in [4.78, 5) is 12.9. The van der Waals surface area contributed by atoms with Gasteiger partial charge in [0.2, 0.25) is 0 Å². The topological polar surface area (TPSA) is 52.3 Å². The van der Waals surface area contributed by atoms with Crippen LogP contribution in [0.5, 0.6) is 0 Å². The fraction of sp³-hybridized carbons (Fsp3) is 0.500. The lowest BCUT2D eigenvalue weighted by Crippen LogP contribution is -2.23. The Labute approximate surface area is 113 Å². The lowest BCUT2D eigenvalue weighted by Gasteiger charge is -2.19. The van der Waals surface area contributed by atoms with Crippen molar-refractivity contribution in [3.8, 4) is 0 Å². The maximum atomic E-state index is 11.9. The fourth-order valence-corrected chi connectivity index (χ4v) is 2.12. The van der Waals surface area contributed by atoms with Crippen LogP contribution in [-0.2, 0) is 4.74 Å². The number of esters is 1. The summed E-state index contributed by atoms with van der Waals surface area (Å²) in [5.41, 5.74) is 5.83. The maximum absolute atomic E-state index is 11.9. The van der Waals surface area contributed by atoms with Gasteiger partial charge >= 0.3 is 5.97 Å². The van der Waals surface area contributed by atoms with Gasteiger partial charge in [-0.1, -0.05) is 6.07 Å². The summed E-state index contributed by atoms with van der Waals surface area (Å²) in [5, 5.41) is 0. The molecule has 0 heterocycles. The molecule has 3 nitrogen and oxygen atoms in total. The van der Waals surface area contributed by atoms with Gasteiger partial charge in [-0.2, -0.15) is 0 Å².